The van der Waals surface area contributed by atoms with E-state index in [1.807, 2.05) is 12.1 Å². The molecule has 1 N–H and O–H groups in total. The predicted octanol–water partition coefficient (Wildman–Crippen LogP) is 5.25. The van der Waals surface area contributed by atoms with Crippen molar-refractivity contribution < 1.29 is 0 Å². The molecular formula is C19H22ClN. The summed E-state index contributed by atoms with van der Waals surface area (Å²) in [6.07, 6.45) is 2.44. The molecule has 0 bridgehead atoms. The van der Waals surface area contributed by atoms with E-state index in [0.717, 1.165) is 5.02 Å². The maximum Gasteiger partial charge on any atom is 0.0453 e. The molecule has 1 nitrogen and oxygen atoms in total. The maximum atomic E-state index is 6.27. The van der Waals surface area contributed by atoms with Gasteiger partial charge < -0.3 is 5.32 Å². The van der Waals surface area contributed by atoms with Gasteiger partial charge in [-0.15, -0.1) is 0 Å². The third-order valence-electron chi connectivity index (χ3n) is 4.51. The van der Waals surface area contributed by atoms with E-state index in [-0.39, 0.29) is 0 Å². The molecule has 0 heterocycles. The Labute approximate surface area is 132 Å². The van der Waals surface area contributed by atoms with Crippen molar-refractivity contribution >= 4 is 11.6 Å². The summed E-state index contributed by atoms with van der Waals surface area (Å²) in [6.45, 7) is 4.36. The van der Waals surface area contributed by atoms with Crippen molar-refractivity contribution in [3.63, 3.8) is 0 Å². The normalized spacial score (nSPS) is 22.6. The molecule has 0 saturated heterocycles. The fourth-order valence-corrected chi connectivity index (χ4v) is 3.52. The molecule has 110 valence electrons. The molecule has 2 aromatic rings. The predicted molar refractivity (Wildman–Crippen MR) is 89.9 cm³/mol. The van der Waals surface area contributed by atoms with Crippen LogP contribution in [0.4, 0.5) is 0 Å². The number of nitrogens with one attached hydrogen (secondary N) is 1. The molecule has 1 fully saturated rings. The Bertz CT molecular complexity index is 616. The fourth-order valence-electron chi connectivity index (χ4n) is 3.22. The maximum absolute atomic E-state index is 6.27. The zero-order valence-electron chi connectivity index (χ0n) is 12.6. The second-order valence-corrected chi connectivity index (χ2v) is 6.60. The molecule has 2 heteroatoms. The van der Waals surface area contributed by atoms with Crippen LogP contribution in [-0.2, 0) is 0 Å². The quantitative estimate of drug-likeness (QED) is 0.813. The molecule has 0 radical (unpaired) electrons. The monoisotopic (exact) mass is 299 g/mol. The van der Waals surface area contributed by atoms with Gasteiger partial charge in [0.1, 0.15) is 0 Å². The van der Waals surface area contributed by atoms with Crippen LogP contribution < -0.4 is 5.32 Å². The molecule has 1 saturated carbocycles. The Morgan fingerprint density at radius 1 is 1.10 bits per heavy atom. The first kappa shape index (κ1) is 14.6. The van der Waals surface area contributed by atoms with Crippen LogP contribution in [-0.4, -0.2) is 6.04 Å². The largest absolute Gasteiger partial charge is 0.307 e. The number of halogens is 1. The fraction of sp³-hybridized carbons (Fsp3) is 0.368. The SMILES string of the molecule is Cc1cccc(C2CC(NC(C)c3ccccc3Cl)C2)c1. The van der Waals surface area contributed by atoms with Gasteiger partial charge in [-0.3, -0.25) is 0 Å². The van der Waals surface area contributed by atoms with E-state index in [2.05, 4.69) is 55.6 Å². The zero-order chi connectivity index (χ0) is 14.8. The molecule has 0 aliphatic heterocycles. The topological polar surface area (TPSA) is 12.0 Å². The van der Waals surface area contributed by atoms with E-state index < -0.39 is 0 Å². The summed E-state index contributed by atoms with van der Waals surface area (Å²) in [6, 6.07) is 17.9. The van der Waals surface area contributed by atoms with E-state index in [0.29, 0.717) is 18.0 Å². The lowest BCUT2D eigenvalue weighted by Gasteiger charge is -2.38. The van der Waals surface area contributed by atoms with Crippen LogP contribution in [0.2, 0.25) is 5.02 Å². The third-order valence-corrected chi connectivity index (χ3v) is 4.85. The van der Waals surface area contributed by atoms with Gasteiger partial charge in [-0.05, 0) is 49.8 Å². The minimum absolute atomic E-state index is 0.308. The molecular weight excluding hydrogens is 278 g/mol. The third kappa shape index (κ3) is 3.30. The number of benzene rings is 2. The van der Waals surface area contributed by atoms with E-state index in [1.54, 1.807) is 0 Å². The molecule has 1 aliphatic carbocycles. The Morgan fingerprint density at radius 2 is 1.86 bits per heavy atom. The van der Waals surface area contributed by atoms with Crippen molar-refractivity contribution in [2.24, 2.45) is 0 Å². The van der Waals surface area contributed by atoms with E-state index in [4.69, 9.17) is 11.6 Å². The Kier molecular flexibility index (Phi) is 4.32. The first-order chi connectivity index (χ1) is 10.1. The Morgan fingerprint density at radius 3 is 2.57 bits per heavy atom. The smallest absolute Gasteiger partial charge is 0.0453 e. The summed E-state index contributed by atoms with van der Waals surface area (Å²) in [7, 11) is 0. The number of rotatable bonds is 4. The van der Waals surface area contributed by atoms with Crippen molar-refractivity contribution in [1.82, 2.24) is 5.32 Å². The summed E-state index contributed by atoms with van der Waals surface area (Å²) < 4.78 is 0. The van der Waals surface area contributed by atoms with E-state index >= 15 is 0 Å². The highest BCUT2D eigenvalue weighted by Crippen LogP contribution is 2.38. The summed E-state index contributed by atoms with van der Waals surface area (Å²) in [5.41, 5.74) is 4.03. The first-order valence-corrected chi connectivity index (χ1v) is 8.08. The van der Waals surface area contributed by atoms with Gasteiger partial charge >= 0.3 is 0 Å². The van der Waals surface area contributed by atoms with Gasteiger partial charge in [0.2, 0.25) is 0 Å². The highest BCUT2D eigenvalue weighted by molar-refractivity contribution is 6.31. The molecule has 0 amide bonds. The molecule has 1 unspecified atom stereocenters. The van der Waals surface area contributed by atoms with Gasteiger partial charge in [0.05, 0.1) is 0 Å². The van der Waals surface area contributed by atoms with Gasteiger partial charge in [-0.25, -0.2) is 0 Å². The molecule has 2 aromatic carbocycles. The Balaban J connectivity index is 1.56. The van der Waals surface area contributed by atoms with Crippen LogP contribution in [0.1, 0.15) is 48.4 Å². The zero-order valence-corrected chi connectivity index (χ0v) is 13.4. The van der Waals surface area contributed by atoms with Crippen molar-refractivity contribution in [2.75, 3.05) is 0 Å². The lowest BCUT2D eigenvalue weighted by atomic mass is 9.75. The first-order valence-electron chi connectivity index (χ1n) is 7.70. The van der Waals surface area contributed by atoms with Gasteiger partial charge in [-0.1, -0.05) is 59.6 Å². The number of hydrogen-bond acceptors (Lipinski definition) is 1. The van der Waals surface area contributed by atoms with Crippen LogP contribution in [0.3, 0.4) is 0 Å². The van der Waals surface area contributed by atoms with Crippen molar-refractivity contribution in [2.45, 2.75) is 44.7 Å². The second-order valence-electron chi connectivity index (χ2n) is 6.19. The Hall–Kier alpha value is -1.31. The van der Waals surface area contributed by atoms with E-state index in [1.165, 1.54) is 29.5 Å². The summed E-state index contributed by atoms with van der Waals surface area (Å²) in [5.74, 6) is 0.709. The average molecular weight is 300 g/mol. The van der Waals surface area contributed by atoms with Gasteiger partial charge in [0, 0.05) is 17.1 Å². The van der Waals surface area contributed by atoms with Crippen molar-refractivity contribution in [1.29, 1.82) is 0 Å². The van der Waals surface area contributed by atoms with Gasteiger partial charge in [0.25, 0.3) is 0 Å². The molecule has 1 aliphatic rings. The molecule has 1 atom stereocenters. The summed E-state index contributed by atoms with van der Waals surface area (Å²) in [4.78, 5) is 0. The number of aryl methyl sites for hydroxylation is 1. The summed E-state index contributed by atoms with van der Waals surface area (Å²) in [5, 5.41) is 4.56. The average Bonchev–Trinajstić information content (AvgIpc) is 2.42. The van der Waals surface area contributed by atoms with Crippen molar-refractivity contribution in [3.8, 4) is 0 Å². The molecule has 0 spiro atoms. The van der Waals surface area contributed by atoms with Gasteiger partial charge in [-0.2, -0.15) is 0 Å². The highest BCUT2D eigenvalue weighted by Gasteiger charge is 2.31. The summed E-state index contributed by atoms with van der Waals surface area (Å²) >= 11 is 6.27. The molecule has 0 aromatic heterocycles. The highest BCUT2D eigenvalue weighted by atomic mass is 35.5. The molecule has 3 rings (SSSR count). The van der Waals surface area contributed by atoms with Crippen LogP contribution in [0, 0.1) is 6.92 Å². The molecule has 21 heavy (non-hydrogen) atoms. The lowest BCUT2D eigenvalue weighted by molar-refractivity contribution is 0.271. The second kappa shape index (κ2) is 6.21. The van der Waals surface area contributed by atoms with Crippen LogP contribution in [0.15, 0.2) is 48.5 Å². The van der Waals surface area contributed by atoms with Crippen LogP contribution >= 0.6 is 11.6 Å². The van der Waals surface area contributed by atoms with Gasteiger partial charge in [0.15, 0.2) is 0 Å². The minimum atomic E-state index is 0.308. The van der Waals surface area contributed by atoms with Crippen LogP contribution in [0.5, 0.6) is 0 Å². The van der Waals surface area contributed by atoms with Crippen LogP contribution in [0.25, 0.3) is 0 Å². The van der Waals surface area contributed by atoms with Crippen molar-refractivity contribution in [3.05, 3.63) is 70.2 Å². The standard InChI is InChI=1S/C19H22ClN/c1-13-6-5-7-15(10-13)16-11-17(12-16)21-14(2)18-8-3-4-9-19(18)20/h3-10,14,16-17,21H,11-12H2,1-2H3. The minimum Gasteiger partial charge on any atom is -0.307 e. The lowest BCUT2D eigenvalue weighted by Crippen LogP contribution is -2.41. The number of hydrogen-bond donors (Lipinski definition) is 1. The van der Waals surface area contributed by atoms with E-state index in [9.17, 15) is 0 Å².